The number of nitrogens with one attached hydrogen (secondary N) is 1. The highest BCUT2D eigenvalue weighted by atomic mass is 15.3. The van der Waals surface area contributed by atoms with Gasteiger partial charge in [0.05, 0.1) is 5.69 Å². The molecule has 1 aromatic heterocycles. The van der Waals surface area contributed by atoms with Gasteiger partial charge in [-0.25, -0.2) is 0 Å². The molecule has 0 aliphatic heterocycles. The molecule has 0 radical (unpaired) electrons. The van der Waals surface area contributed by atoms with Crippen LogP contribution < -0.4 is 5.32 Å². The fourth-order valence-electron chi connectivity index (χ4n) is 3.53. The molecule has 1 aliphatic carbocycles. The van der Waals surface area contributed by atoms with Gasteiger partial charge >= 0.3 is 0 Å². The molecular weight excluding hydrogens is 246 g/mol. The number of hydrogen-bond acceptors (Lipinski definition) is 2. The number of hydrogen-bond donors (Lipinski definition) is 1. The summed E-state index contributed by atoms with van der Waals surface area (Å²) in [7, 11) is 2.01. The van der Waals surface area contributed by atoms with Crippen LogP contribution in [0.5, 0.6) is 0 Å². The second kappa shape index (κ2) is 7.26. The SMILES string of the molecule is CC1CCCC(CCNCc2cn(C)nc2C(C)C)C1. The minimum Gasteiger partial charge on any atom is -0.313 e. The molecule has 2 rings (SSSR count). The Labute approximate surface area is 124 Å². The lowest BCUT2D eigenvalue weighted by Crippen LogP contribution is -2.21. The Hall–Kier alpha value is -0.830. The van der Waals surface area contributed by atoms with Gasteiger partial charge < -0.3 is 5.32 Å². The van der Waals surface area contributed by atoms with Crippen molar-refractivity contribution < 1.29 is 0 Å². The minimum atomic E-state index is 0.507. The summed E-state index contributed by atoms with van der Waals surface area (Å²) in [5.41, 5.74) is 2.60. The maximum absolute atomic E-state index is 4.57. The highest BCUT2D eigenvalue weighted by Gasteiger charge is 2.18. The number of nitrogens with zero attached hydrogens (tertiary/aromatic N) is 2. The summed E-state index contributed by atoms with van der Waals surface area (Å²) in [4.78, 5) is 0. The third kappa shape index (κ3) is 4.34. The quantitative estimate of drug-likeness (QED) is 0.800. The van der Waals surface area contributed by atoms with E-state index in [2.05, 4.69) is 37.4 Å². The van der Waals surface area contributed by atoms with E-state index in [-0.39, 0.29) is 0 Å². The molecule has 3 heteroatoms. The van der Waals surface area contributed by atoms with Crippen molar-refractivity contribution in [2.75, 3.05) is 6.54 Å². The van der Waals surface area contributed by atoms with Crippen LogP contribution >= 0.6 is 0 Å². The van der Waals surface area contributed by atoms with Crippen LogP contribution in [0.3, 0.4) is 0 Å². The van der Waals surface area contributed by atoms with Gasteiger partial charge in [0.15, 0.2) is 0 Å². The van der Waals surface area contributed by atoms with Gasteiger partial charge in [0.2, 0.25) is 0 Å². The zero-order valence-electron chi connectivity index (χ0n) is 13.7. The molecule has 0 amide bonds. The molecule has 1 N–H and O–H groups in total. The molecule has 0 saturated heterocycles. The third-order valence-corrected chi connectivity index (χ3v) is 4.57. The predicted octanol–water partition coefficient (Wildman–Crippen LogP) is 3.85. The zero-order valence-corrected chi connectivity index (χ0v) is 13.7. The summed E-state index contributed by atoms with van der Waals surface area (Å²) in [5, 5.41) is 8.18. The first kappa shape index (κ1) is 15.6. The van der Waals surface area contributed by atoms with E-state index in [0.29, 0.717) is 5.92 Å². The summed E-state index contributed by atoms with van der Waals surface area (Å²) in [6.07, 6.45) is 9.25. The molecule has 1 fully saturated rings. The fourth-order valence-corrected chi connectivity index (χ4v) is 3.53. The van der Waals surface area contributed by atoms with Gasteiger partial charge in [0.1, 0.15) is 0 Å². The van der Waals surface area contributed by atoms with Crippen LogP contribution in [0.25, 0.3) is 0 Å². The Morgan fingerprint density at radius 2 is 2.20 bits per heavy atom. The van der Waals surface area contributed by atoms with Crippen molar-refractivity contribution in [2.24, 2.45) is 18.9 Å². The van der Waals surface area contributed by atoms with E-state index in [9.17, 15) is 0 Å². The average Bonchev–Trinajstić information content (AvgIpc) is 2.76. The van der Waals surface area contributed by atoms with E-state index in [4.69, 9.17) is 0 Å². The van der Waals surface area contributed by atoms with Crippen molar-refractivity contribution in [3.8, 4) is 0 Å². The molecular formula is C17H31N3. The summed E-state index contributed by atoms with van der Waals surface area (Å²) in [5.74, 6) is 2.40. The average molecular weight is 277 g/mol. The van der Waals surface area contributed by atoms with Gasteiger partial charge in [-0.15, -0.1) is 0 Å². The van der Waals surface area contributed by atoms with E-state index in [0.717, 1.165) is 24.9 Å². The Morgan fingerprint density at radius 3 is 2.90 bits per heavy atom. The van der Waals surface area contributed by atoms with Crippen molar-refractivity contribution in [3.05, 3.63) is 17.5 Å². The maximum atomic E-state index is 4.57. The van der Waals surface area contributed by atoms with Crippen LogP contribution in [0.2, 0.25) is 0 Å². The van der Waals surface area contributed by atoms with Crippen molar-refractivity contribution >= 4 is 0 Å². The molecule has 1 aliphatic rings. The minimum absolute atomic E-state index is 0.507. The molecule has 0 spiro atoms. The van der Waals surface area contributed by atoms with Crippen molar-refractivity contribution in [3.63, 3.8) is 0 Å². The van der Waals surface area contributed by atoms with Crippen molar-refractivity contribution in [1.82, 2.24) is 15.1 Å². The second-order valence-corrected chi connectivity index (χ2v) is 6.97. The monoisotopic (exact) mass is 277 g/mol. The first-order valence-electron chi connectivity index (χ1n) is 8.29. The second-order valence-electron chi connectivity index (χ2n) is 6.97. The highest BCUT2D eigenvalue weighted by molar-refractivity contribution is 5.19. The first-order chi connectivity index (χ1) is 9.56. The topological polar surface area (TPSA) is 29.9 Å². The summed E-state index contributed by atoms with van der Waals surface area (Å²) >= 11 is 0. The molecule has 1 heterocycles. The summed E-state index contributed by atoms with van der Waals surface area (Å²) in [6, 6.07) is 0. The van der Waals surface area contributed by atoms with Crippen molar-refractivity contribution in [2.45, 2.75) is 65.3 Å². The first-order valence-corrected chi connectivity index (χ1v) is 8.29. The molecule has 2 unspecified atom stereocenters. The summed E-state index contributed by atoms with van der Waals surface area (Å²) < 4.78 is 1.94. The third-order valence-electron chi connectivity index (χ3n) is 4.57. The van der Waals surface area contributed by atoms with Gasteiger partial charge in [-0.2, -0.15) is 5.10 Å². The van der Waals surface area contributed by atoms with Crippen LogP contribution in [0.4, 0.5) is 0 Å². The zero-order chi connectivity index (χ0) is 14.5. The lowest BCUT2D eigenvalue weighted by molar-refractivity contribution is 0.267. The van der Waals surface area contributed by atoms with E-state index < -0.39 is 0 Å². The number of aromatic nitrogens is 2. The molecule has 3 nitrogen and oxygen atoms in total. The number of aryl methyl sites for hydroxylation is 1. The van der Waals surface area contributed by atoms with E-state index >= 15 is 0 Å². The van der Waals surface area contributed by atoms with Gasteiger partial charge in [0, 0.05) is 25.4 Å². The van der Waals surface area contributed by atoms with Crippen molar-refractivity contribution in [1.29, 1.82) is 0 Å². The molecule has 1 aromatic rings. The molecule has 0 aromatic carbocycles. The molecule has 114 valence electrons. The van der Waals surface area contributed by atoms with E-state index in [1.165, 1.54) is 43.4 Å². The normalized spacial score (nSPS) is 23.4. The van der Waals surface area contributed by atoms with Gasteiger partial charge in [0.25, 0.3) is 0 Å². The molecule has 20 heavy (non-hydrogen) atoms. The van der Waals surface area contributed by atoms with Crippen LogP contribution in [-0.2, 0) is 13.6 Å². The van der Waals surface area contributed by atoms with Gasteiger partial charge in [-0.3, -0.25) is 4.68 Å². The Kier molecular flexibility index (Phi) is 5.64. The standard InChI is InChI=1S/C17H31N3/c1-13(2)17-16(12-20(4)19-17)11-18-9-8-15-7-5-6-14(3)10-15/h12-15,18H,5-11H2,1-4H3. The highest BCUT2D eigenvalue weighted by Crippen LogP contribution is 2.30. The molecule has 2 atom stereocenters. The Balaban J connectivity index is 1.73. The largest absolute Gasteiger partial charge is 0.313 e. The maximum Gasteiger partial charge on any atom is 0.0694 e. The van der Waals surface area contributed by atoms with Gasteiger partial charge in [-0.1, -0.05) is 40.0 Å². The van der Waals surface area contributed by atoms with E-state index in [1.807, 2.05) is 11.7 Å². The van der Waals surface area contributed by atoms with Gasteiger partial charge in [-0.05, 0) is 37.1 Å². The van der Waals surface area contributed by atoms with Crippen LogP contribution in [0.1, 0.15) is 70.1 Å². The molecule has 1 saturated carbocycles. The van der Waals surface area contributed by atoms with E-state index in [1.54, 1.807) is 0 Å². The predicted molar refractivity (Wildman–Crippen MR) is 84.7 cm³/mol. The fraction of sp³-hybridized carbons (Fsp3) is 0.824. The Morgan fingerprint density at radius 1 is 1.40 bits per heavy atom. The molecule has 0 bridgehead atoms. The Bertz CT molecular complexity index is 408. The lowest BCUT2D eigenvalue weighted by Gasteiger charge is -2.26. The number of rotatable bonds is 6. The lowest BCUT2D eigenvalue weighted by atomic mass is 9.81. The van der Waals surface area contributed by atoms with Crippen LogP contribution in [-0.4, -0.2) is 16.3 Å². The van der Waals surface area contributed by atoms with Crippen LogP contribution in [0, 0.1) is 11.8 Å². The summed E-state index contributed by atoms with van der Waals surface area (Å²) in [6.45, 7) is 8.95. The van der Waals surface area contributed by atoms with Crippen LogP contribution in [0.15, 0.2) is 6.20 Å². The smallest absolute Gasteiger partial charge is 0.0694 e.